The van der Waals surface area contributed by atoms with Crippen molar-refractivity contribution >= 4 is 28.3 Å². The zero-order valence-electron chi connectivity index (χ0n) is 13.4. The van der Waals surface area contributed by atoms with Crippen LogP contribution >= 0.6 is 11.3 Å². The predicted molar refractivity (Wildman–Crippen MR) is 92.4 cm³/mol. The molecule has 0 bridgehead atoms. The van der Waals surface area contributed by atoms with Gasteiger partial charge in [0.2, 0.25) is 5.91 Å². The van der Waals surface area contributed by atoms with E-state index in [-0.39, 0.29) is 25.0 Å². The normalized spacial score (nSPS) is 13.4. The van der Waals surface area contributed by atoms with Crippen molar-refractivity contribution in [2.45, 2.75) is 25.7 Å². The number of aryl methyl sites for hydroxylation is 1. The predicted octanol–water partition coefficient (Wildman–Crippen LogP) is 2.46. The number of carbonyl (C=O) groups is 2. The molecule has 7 heteroatoms. The Hall–Kier alpha value is -2.41. The number of nitrogens with one attached hydrogen (secondary N) is 2. The molecule has 1 aromatic carbocycles. The third-order valence-electron chi connectivity index (χ3n) is 3.60. The minimum Gasteiger partial charge on any atom is -0.484 e. The van der Waals surface area contributed by atoms with Gasteiger partial charge in [-0.25, -0.2) is 4.98 Å². The molecule has 24 heavy (non-hydrogen) atoms. The number of hydrogen-bond acceptors (Lipinski definition) is 5. The number of para-hydroxylation sites is 1. The summed E-state index contributed by atoms with van der Waals surface area (Å²) in [5, 5.41) is 5.85. The first-order valence-corrected chi connectivity index (χ1v) is 8.65. The maximum absolute atomic E-state index is 11.9. The molecule has 0 atom stereocenters. The number of amides is 2. The Morgan fingerprint density at radius 3 is 2.71 bits per heavy atom. The molecule has 1 fully saturated rings. The van der Waals surface area contributed by atoms with Gasteiger partial charge in [-0.3, -0.25) is 9.59 Å². The lowest BCUT2D eigenvalue weighted by Gasteiger charge is -2.07. The lowest BCUT2D eigenvalue weighted by Crippen LogP contribution is -2.35. The van der Waals surface area contributed by atoms with E-state index in [1.807, 2.05) is 25.1 Å². The molecule has 1 aromatic heterocycles. The van der Waals surface area contributed by atoms with Crippen molar-refractivity contribution in [1.82, 2.24) is 10.3 Å². The number of hydrogen-bond donors (Lipinski definition) is 2. The van der Waals surface area contributed by atoms with E-state index >= 15 is 0 Å². The fourth-order valence-electron chi connectivity index (χ4n) is 2.26. The average Bonchev–Trinajstić information content (AvgIpc) is 3.36. The van der Waals surface area contributed by atoms with Crippen LogP contribution in [-0.4, -0.2) is 29.9 Å². The second kappa shape index (κ2) is 7.44. The number of rotatable bonds is 7. The summed E-state index contributed by atoms with van der Waals surface area (Å²) in [6.45, 7) is 1.79. The van der Waals surface area contributed by atoms with E-state index in [1.165, 1.54) is 24.2 Å². The average molecular weight is 345 g/mol. The molecule has 2 aromatic rings. The van der Waals surface area contributed by atoms with E-state index in [0.717, 1.165) is 10.6 Å². The first-order valence-electron chi connectivity index (χ1n) is 7.83. The highest BCUT2D eigenvalue weighted by molar-refractivity contribution is 7.15. The molecular formula is C17H19N3O3S. The van der Waals surface area contributed by atoms with Gasteiger partial charge in [0.05, 0.1) is 12.2 Å². The highest BCUT2D eigenvalue weighted by atomic mass is 32.1. The van der Waals surface area contributed by atoms with Gasteiger partial charge in [0.25, 0.3) is 5.91 Å². The van der Waals surface area contributed by atoms with Gasteiger partial charge in [0.15, 0.2) is 11.7 Å². The molecule has 1 aliphatic rings. The first-order chi connectivity index (χ1) is 11.6. The summed E-state index contributed by atoms with van der Waals surface area (Å²) in [4.78, 5) is 29.2. The molecule has 3 rings (SSSR count). The molecule has 2 N–H and O–H groups in total. The van der Waals surface area contributed by atoms with Gasteiger partial charge >= 0.3 is 0 Å². The number of carbonyl (C=O) groups excluding carboxylic acids is 2. The molecule has 0 aliphatic heterocycles. The lowest BCUT2D eigenvalue weighted by molar-refractivity contribution is -0.125. The smallest absolute Gasteiger partial charge is 0.258 e. The van der Waals surface area contributed by atoms with Gasteiger partial charge in [0, 0.05) is 10.8 Å². The van der Waals surface area contributed by atoms with Crippen LogP contribution in [0.3, 0.4) is 0 Å². The Morgan fingerprint density at radius 1 is 1.25 bits per heavy atom. The number of benzene rings is 1. The summed E-state index contributed by atoms with van der Waals surface area (Å²) in [5.41, 5.74) is 1.09. The molecule has 1 saturated carbocycles. The number of nitrogens with zero attached hydrogens (tertiary/aromatic N) is 1. The SMILES string of the molecule is Cc1sc(NC(=O)CNC(=O)COc2ccccc2)nc1C1CC1. The molecule has 0 spiro atoms. The second-order valence-electron chi connectivity index (χ2n) is 5.66. The molecule has 0 saturated heterocycles. The summed E-state index contributed by atoms with van der Waals surface area (Å²) in [5.74, 6) is 0.534. The zero-order chi connectivity index (χ0) is 16.9. The van der Waals surface area contributed by atoms with Crippen LogP contribution in [0.25, 0.3) is 0 Å². The van der Waals surface area contributed by atoms with Crippen LogP contribution in [0.15, 0.2) is 30.3 Å². The summed E-state index contributed by atoms with van der Waals surface area (Å²) < 4.78 is 5.32. The van der Waals surface area contributed by atoms with Gasteiger partial charge in [-0.2, -0.15) is 0 Å². The Kier molecular flexibility index (Phi) is 5.10. The maximum atomic E-state index is 11.9. The van der Waals surface area contributed by atoms with Crippen molar-refractivity contribution in [1.29, 1.82) is 0 Å². The van der Waals surface area contributed by atoms with Crippen molar-refractivity contribution in [3.05, 3.63) is 40.9 Å². The van der Waals surface area contributed by atoms with Crippen LogP contribution in [0.1, 0.15) is 29.3 Å². The number of thiazole rings is 1. The van der Waals surface area contributed by atoms with E-state index < -0.39 is 0 Å². The van der Waals surface area contributed by atoms with Crippen LogP contribution in [0.4, 0.5) is 5.13 Å². The summed E-state index contributed by atoms with van der Waals surface area (Å²) in [6.07, 6.45) is 2.35. The molecular weight excluding hydrogens is 326 g/mol. The van der Waals surface area contributed by atoms with E-state index in [9.17, 15) is 9.59 Å². The van der Waals surface area contributed by atoms with E-state index in [4.69, 9.17) is 4.74 Å². The summed E-state index contributed by atoms with van der Waals surface area (Å²) in [6, 6.07) is 9.05. The van der Waals surface area contributed by atoms with Crippen LogP contribution in [0.2, 0.25) is 0 Å². The molecule has 1 aliphatic carbocycles. The van der Waals surface area contributed by atoms with Gasteiger partial charge in [-0.1, -0.05) is 18.2 Å². The fourth-order valence-corrected chi connectivity index (χ4v) is 3.17. The number of ether oxygens (including phenoxy) is 1. The fraction of sp³-hybridized carbons (Fsp3) is 0.353. The van der Waals surface area contributed by atoms with Crippen molar-refractivity contribution in [2.24, 2.45) is 0 Å². The Bertz CT molecular complexity index is 726. The third-order valence-corrected chi connectivity index (χ3v) is 4.50. The highest BCUT2D eigenvalue weighted by Gasteiger charge is 2.28. The lowest BCUT2D eigenvalue weighted by atomic mass is 10.3. The molecule has 2 amide bonds. The molecule has 1 heterocycles. The van der Waals surface area contributed by atoms with Crippen LogP contribution < -0.4 is 15.4 Å². The van der Waals surface area contributed by atoms with Gasteiger partial charge in [-0.05, 0) is 31.9 Å². The van der Waals surface area contributed by atoms with Crippen LogP contribution in [0.5, 0.6) is 5.75 Å². The van der Waals surface area contributed by atoms with Crippen LogP contribution in [-0.2, 0) is 9.59 Å². The van der Waals surface area contributed by atoms with E-state index in [1.54, 1.807) is 12.1 Å². The van der Waals surface area contributed by atoms with Gasteiger partial charge < -0.3 is 15.4 Å². The Balaban J connectivity index is 1.40. The van der Waals surface area contributed by atoms with E-state index in [0.29, 0.717) is 16.8 Å². The molecule has 126 valence electrons. The maximum Gasteiger partial charge on any atom is 0.258 e. The van der Waals surface area contributed by atoms with E-state index in [2.05, 4.69) is 15.6 Å². The van der Waals surface area contributed by atoms with Gasteiger partial charge in [0.1, 0.15) is 5.75 Å². The number of aromatic nitrogens is 1. The zero-order valence-corrected chi connectivity index (χ0v) is 14.2. The Morgan fingerprint density at radius 2 is 2.00 bits per heavy atom. The Labute approximate surface area is 144 Å². The minimum absolute atomic E-state index is 0.103. The van der Waals surface area contributed by atoms with Gasteiger partial charge in [-0.15, -0.1) is 11.3 Å². The van der Waals surface area contributed by atoms with Crippen LogP contribution in [0, 0.1) is 6.92 Å². The second-order valence-corrected chi connectivity index (χ2v) is 6.86. The number of anilines is 1. The summed E-state index contributed by atoms with van der Waals surface area (Å²) in [7, 11) is 0. The molecule has 6 nitrogen and oxygen atoms in total. The van der Waals surface area contributed by atoms with Crippen molar-refractivity contribution in [3.8, 4) is 5.75 Å². The van der Waals surface area contributed by atoms with Crippen molar-refractivity contribution in [2.75, 3.05) is 18.5 Å². The first kappa shape index (κ1) is 16.4. The molecule has 0 unspecified atom stereocenters. The minimum atomic E-state index is -0.344. The quantitative estimate of drug-likeness (QED) is 0.808. The summed E-state index contributed by atoms with van der Waals surface area (Å²) >= 11 is 1.47. The third kappa shape index (κ3) is 4.55. The highest BCUT2D eigenvalue weighted by Crippen LogP contribution is 2.43. The standard InChI is InChI=1S/C17H19N3O3S/c1-11-16(12-7-8-12)20-17(24-11)19-14(21)9-18-15(22)10-23-13-5-3-2-4-6-13/h2-6,12H,7-10H2,1H3,(H,18,22)(H,19,20,21). The van der Waals surface area contributed by atoms with Crippen molar-refractivity contribution in [3.63, 3.8) is 0 Å². The monoisotopic (exact) mass is 345 g/mol. The molecule has 0 radical (unpaired) electrons. The largest absolute Gasteiger partial charge is 0.484 e. The topological polar surface area (TPSA) is 80.3 Å². The van der Waals surface area contributed by atoms with Crippen molar-refractivity contribution < 1.29 is 14.3 Å².